The SMILES string of the molecule is O=C(O)CS(=O)(=O)Nc1cccc(F)c1. The summed E-state index contributed by atoms with van der Waals surface area (Å²) in [4.78, 5) is 10.2. The van der Waals surface area contributed by atoms with Gasteiger partial charge in [-0.2, -0.15) is 0 Å². The van der Waals surface area contributed by atoms with Gasteiger partial charge in [0.2, 0.25) is 10.0 Å². The lowest BCUT2D eigenvalue weighted by molar-refractivity contribution is -0.134. The van der Waals surface area contributed by atoms with Crippen LogP contribution in [0.5, 0.6) is 0 Å². The second kappa shape index (κ2) is 4.26. The Morgan fingerprint density at radius 3 is 2.67 bits per heavy atom. The summed E-state index contributed by atoms with van der Waals surface area (Å²) in [5.74, 6) is -3.13. The highest BCUT2D eigenvalue weighted by Crippen LogP contribution is 2.10. The van der Waals surface area contributed by atoms with Gasteiger partial charge in [-0.15, -0.1) is 0 Å². The summed E-state index contributed by atoms with van der Waals surface area (Å²) >= 11 is 0. The molecule has 0 atom stereocenters. The molecule has 0 aliphatic heterocycles. The number of carboxylic acids is 1. The minimum absolute atomic E-state index is 0.00347. The molecule has 0 saturated carbocycles. The van der Waals surface area contributed by atoms with Gasteiger partial charge in [0.15, 0.2) is 5.75 Å². The molecule has 0 aromatic heterocycles. The van der Waals surface area contributed by atoms with Crippen molar-refractivity contribution in [1.82, 2.24) is 0 Å². The minimum atomic E-state index is -3.97. The summed E-state index contributed by atoms with van der Waals surface area (Å²) in [6, 6.07) is 4.74. The number of carboxylic acid groups (broad SMARTS) is 1. The number of halogens is 1. The third kappa shape index (κ3) is 3.94. The number of rotatable bonds is 4. The number of carbonyl (C=O) groups is 1. The standard InChI is InChI=1S/C8H8FNO4S/c9-6-2-1-3-7(4-6)10-15(13,14)5-8(11)12/h1-4,10H,5H2,(H,11,12). The van der Waals surface area contributed by atoms with Crippen molar-refractivity contribution in [3.8, 4) is 0 Å². The average Bonchev–Trinajstić information content (AvgIpc) is 1.99. The lowest BCUT2D eigenvalue weighted by atomic mass is 10.3. The van der Waals surface area contributed by atoms with Crippen molar-refractivity contribution >= 4 is 21.7 Å². The van der Waals surface area contributed by atoms with Crippen molar-refractivity contribution in [3.05, 3.63) is 30.1 Å². The lowest BCUT2D eigenvalue weighted by Crippen LogP contribution is -2.22. The molecule has 2 N–H and O–H groups in total. The molecule has 0 saturated heterocycles. The van der Waals surface area contributed by atoms with E-state index in [-0.39, 0.29) is 5.69 Å². The first-order valence-corrected chi connectivity index (χ1v) is 5.52. The fourth-order valence-electron chi connectivity index (χ4n) is 0.930. The summed E-state index contributed by atoms with van der Waals surface area (Å²) in [7, 11) is -3.97. The zero-order valence-corrected chi connectivity index (χ0v) is 8.29. The number of hydrogen-bond acceptors (Lipinski definition) is 3. The molecule has 0 heterocycles. The quantitative estimate of drug-likeness (QED) is 0.799. The maximum absolute atomic E-state index is 12.7. The molecule has 0 bridgehead atoms. The molecule has 0 fully saturated rings. The molecule has 0 radical (unpaired) electrons. The largest absolute Gasteiger partial charge is 0.480 e. The number of aliphatic carboxylic acids is 1. The van der Waals surface area contributed by atoms with E-state index in [2.05, 4.69) is 0 Å². The van der Waals surface area contributed by atoms with Crippen LogP contribution in [0, 0.1) is 5.82 Å². The molecule has 0 aliphatic rings. The van der Waals surface area contributed by atoms with Crippen molar-refractivity contribution < 1.29 is 22.7 Å². The predicted molar refractivity (Wildman–Crippen MR) is 51.4 cm³/mol. The highest BCUT2D eigenvalue weighted by Gasteiger charge is 2.15. The topological polar surface area (TPSA) is 83.5 Å². The molecule has 0 spiro atoms. The van der Waals surface area contributed by atoms with Crippen LogP contribution in [0.2, 0.25) is 0 Å². The average molecular weight is 233 g/mol. The minimum Gasteiger partial charge on any atom is -0.480 e. The summed E-state index contributed by atoms with van der Waals surface area (Å²) in [6.45, 7) is 0. The molecular formula is C8H8FNO4S. The summed E-state index contributed by atoms with van der Waals surface area (Å²) < 4.78 is 36.8. The highest BCUT2D eigenvalue weighted by molar-refractivity contribution is 7.93. The van der Waals surface area contributed by atoms with E-state index in [1.165, 1.54) is 12.1 Å². The monoisotopic (exact) mass is 233 g/mol. The van der Waals surface area contributed by atoms with Gasteiger partial charge in [-0.05, 0) is 18.2 Å². The van der Waals surface area contributed by atoms with Gasteiger partial charge in [0.05, 0.1) is 5.69 Å². The normalized spacial score (nSPS) is 11.0. The number of hydrogen-bond donors (Lipinski definition) is 2. The number of nitrogens with one attached hydrogen (secondary N) is 1. The highest BCUT2D eigenvalue weighted by atomic mass is 32.2. The molecule has 82 valence electrons. The summed E-state index contributed by atoms with van der Waals surface area (Å²) in [6.07, 6.45) is 0. The van der Waals surface area contributed by atoms with E-state index < -0.39 is 27.6 Å². The van der Waals surface area contributed by atoms with Gasteiger partial charge >= 0.3 is 5.97 Å². The van der Waals surface area contributed by atoms with Gasteiger partial charge in [-0.1, -0.05) is 6.07 Å². The lowest BCUT2D eigenvalue weighted by Gasteiger charge is -2.05. The maximum Gasteiger partial charge on any atom is 0.320 e. The first-order valence-electron chi connectivity index (χ1n) is 3.87. The van der Waals surface area contributed by atoms with Crippen LogP contribution in [-0.4, -0.2) is 25.2 Å². The van der Waals surface area contributed by atoms with E-state index in [4.69, 9.17) is 5.11 Å². The van der Waals surface area contributed by atoms with Crippen LogP contribution in [-0.2, 0) is 14.8 Å². The third-order valence-electron chi connectivity index (χ3n) is 1.41. The van der Waals surface area contributed by atoms with Gasteiger partial charge in [0, 0.05) is 0 Å². The summed E-state index contributed by atoms with van der Waals surface area (Å²) in [5.41, 5.74) is -0.00347. The Hall–Kier alpha value is -1.63. The molecule has 0 amide bonds. The van der Waals surface area contributed by atoms with Crippen LogP contribution < -0.4 is 4.72 Å². The van der Waals surface area contributed by atoms with Crippen LogP contribution in [0.15, 0.2) is 24.3 Å². The third-order valence-corrected chi connectivity index (χ3v) is 2.59. The molecule has 1 aromatic carbocycles. The van der Waals surface area contributed by atoms with Crippen LogP contribution in [0.3, 0.4) is 0 Å². The van der Waals surface area contributed by atoms with Crippen LogP contribution in [0.25, 0.3) is 0 Å². The van der Waals surface area contributed by atoms with Gasteiger partial charge < -0.3 is 5.11 Å². The summed E-state index contributed by atoms with van der Waals surface area (Å²) in [5, 5.41) is 8.29. The van der Waals surface area contributed by atoms with E-state index in [1.54, 1.807) is 0 Å². The molecule has 0 aliphatic carbocycles. The molecule has 5 nitrogen and oxygen atoms in total. The van der Waals surface area contributed by atoms with Gasteiger partial charge in [0.1, 0.15) is 5.82 Å². The van der Waals surface area contributed by atoms with Crippen molar-refractivity contribution in [1.29, 1.82) is 0 Å². The first kappa shape index (κ1) is 11.4. The smallest absolute Gasteiger partial charge is 0.320 e. The van der Waals surface area contributed by atoms with E-state index in [1.807, 2.05) is 4.72 Å². The predicted octanol–water partition coefficient (Wildman–Crippen LogP) is 0.652. The van der Waals surface area contributed by atoms with Crippen molar-refractivity contribution in [2.45, 2.75) is 0 Å². The Kier molecular flexibility index (Phi) is 3.25. The van der Waals surface area contributed by atoms with Gasteiger partial charge in [-0.3, -0.25) is 9.52 Å². The Balaban J connectivity index is 2.82. The fourth-order valence-corrected chi connectivity index (χ4v) is 1.81. The molecular weight excluding hydrogens is 225 g/mol. The zero-order valence-electron chi connectivity index (χ0n) is 7.47. The number of anilines is 1. The van der Waals surface area contributed by atoms with Gasteiger partial charge in [0.25, 0.3) is 0 Å². The van der Waals surface area contributed by atoms with E-state index in [0.29, 0.717) is 0 Å². The maximum atomic E-state index is 12.7. The Morgan fingerprint density at radius 2 is 2.13 bits per heavy atom. The van der Waals surface area contributed by atoms with Crippen LogP contribution in [0.1, 0.15) is 0 Å². The number of sulfonamides is 1. The zero-order chi connectivity index (χ0) is 11.5. The molecule has 15 heavy (non-hydrogen) atoms. The second-order valence-electron chi connectivity index (χ2n) is 2.77. The molecule has 7 heteroatoms. The van der Waals surface area contributed by atoms with Gasteiger partial charge in [-0.25, -0.2) is 12.8 Å². The van der Waals surface area contributed by atoms with Crippen LogP contribution >= 0.6 is 0 Å². The molecule has 0 unspecified atom stereocenters. The molecule has 1 aromatic rings. The van der Waals surface area contributed by atoms with E-state index in [9.17, 15) is 17.6 Å². The Bertz CT molecular complexity index is 471. The molecule has 1 rings (SSSR count). The first-order chi connectivity index (χ1) is 6.89. The van der Waals surface area contributed by atoms with Crippen molar-refractivity contribution in [3.63, 3.8) is 0 Å². The number of benzene rings is 1. The Labute approximate surface area is 85.6 Å². The van der Waals surface area contributed by atoms with Crippen LogP contribution in [0.4, 0.5) is 10.1 Å². The fraction of sp³-hybridized carbons (Fsp3) is 0.125. The second-order valence-corrected chi connectivity index (χ2v) is 4.49. The van der Waals surface area contributed by atoms with E-state index in [0.717, 1.165) is 12.1 Å². The van der Waals surface area contributed by atoms with Crippen molar-refractivity contribution in [2.75, 3.05) is 10.5 Å². The van der Waals surface area contributed by atoms with Crippen molar-refractivity contribution in [2.24, 2.45) is 0 Å². The Morgan fingerprint density at radius 1 is 1.47 bits per heavy atom. The van der Waals surface area contributed by atoms with E-state index >= 15 is 0 Å².